The van der Waals surface area contributed by atoms with Gasteiger partial charge >= 0.3 is 5.97 Å². The summed E-state index contributed by atoms with van der Waals surface area (Å²) in [5.74, 6) is -1.66. The van der Waals surface area contributed by atoms with E-state index in [9.17, 15) is 18.3 Å². The first-order valence-corrected chi connectivity index (χ1v) is 7.44. The summed E-state index contributed by atoms with van der Waals surface area (Å²) in [6.45, 7) is 1.65. The topological polar surface area (TPSA) is 104 Å². The van der Waals surface area contributed by atoms with E-state index in [1.165, 1.54) is 18.2 Å². The minimum absolute atomic E-state index is 0.0803. The van der Waals surface area contributed by atoms with Gasteiger partial charge in [0.15, 0.2) is 0 Å². The van der Waals surface area contributed by atoms with E-state index in [2.05, 4.69) is 4.72 Å². The van der Waals surface area contributed by atoms with Crippen LogP contribution in [0.2, 0.25) is 0 Å². The first-order valence-electron chi connectivity index (χ1n) is 5.96. The number of carbonyl (C=O) groups is 1. The smallest absolute Gasteiger partial charge is 0.335 e. The number of hydrogen-bond donors (Lipinski definition) is 3. The standard InChI is InChI=1S/C14H13NO5S/c1-9-4-2-3-5-13(9)21(19,20)15-11-7-6-10(14(17)18)8-12(11)16/h2-8,15-16H,1H3,(H,17,18). The predicted octanol–water partition coefficient (Wildman–Crippen LogP) is 2.20. The molecule has 0 aromatic heterocycles. The van der Waals surface area contributed by atoms with Crippen LogP contribution in [0.25, 0.3) is 0 Å². The van der Waals surface area contributed by atoms with Gasteiger partial charge in [0.1, 0.15) is 5.75 Å². The van der Waals surface area contributed by atoms with Gasteiger partial charge in [-0.25, -0.2) is 13.2 Å². The van der Waals surface area contributed by atoms with Crippen LogP contribution in [0.15, 0.2) is 47.4 Å². The van der Waals surface area contributed by atoms with E-state index in [0.717, 1.165) is 6.07 Å². The van der Waals surface area contributed by atoms with Crippen molar-refractivity contribution in [2.75, 3.05) is 4.72 Å². The molecule has 21 heavy (non-hydrogen) atoms. The summed E-state index contributed by atoms with van der Waals surface area (Å²) in [6.07, 6.45) is 0. The van der Waals surface area contributed by atoms with Gasteiger partial charge < -0.3 is 10.2 Å². The number of anilines is 1. The third kappa shape index (κ3) is 3.14. The van der Waals surface area contributed by atoms with Crippen LogP contribution in [0.4, 0.5) is 5.69 Å². The van der Waals surface area contributed by atoms with E-state index in [4.69, 9.17) is 5.11 Å². The summed E-state index contributed by atoms with van der Waals surface area (Å²) in [7, 11) is -3.86. The number of aromatic hydroxyl groups is 1. The number of aryl methyl sites for hydroxylation is 1. The highest BCUT2D eigenvalue weighted by Gasteiger charge is 2.18. The van der Waals surface area contributed by atoms with Crippen molar-refractivity contribution in [2.45, 2.75) is 11.8 Å². The van der Waals surface area contributed by atoms with Crippen LogP contribution in [0, 0.1) is 6.92 Å². The van der Waals surface area contributed by atoms with Gasteiger partial charge in [-0.1, -0.05) is 18.2 Å². The van der Waals surface area contributed by atoms with Gasteiger partial charge in [-0.05, 0) is 36.8 Å². The van der Waals surface area contributed by atoms with E-state index in [1.807, 2.05) is 0 Å². The van der Waals surface area contributed by atoms with E-state index in [0.29, 0.717) is 5.56 Å². The fourth-order valence-corrected chi connectivity index (χ4v) is 3.13. The lowest BCUT2D eigenvalue weighted by molar-refractivity contribution is 0.0696. The average Bonchev–Trinajstić information content (AvgIpc) is 2.41. The van der Waals surface area contributed by atoms with E-state index >= 15 is 0 Å². The zero-order valence-corrected chi connectivity index (χ0v) is 11.9. The quantitative estimate of drug-likeness (QED) is 0.751. The van der Waals surface area contributed by atoms with Crippen LogP contribution >= 0.6 is 0 Å². The molecule has 6 nitrogen and oxygen atoms in total. The summed E-state index contributed by atoms with van der Waals surface area (Å²) in [6, 6.07) is 9.80. The molecule has 0 fully saturated rings. The van der Waals surface area contributed by atoms with Crippen molar-refractivity contribution < 1.29 is 23.4 Å². The number of aromatic carboxylic acids is 1. The van der Waals surface area contributed by atoms with E-state index in [1.54, 1.807) is 25.1 Å². The Bertz CT molecular complexity index is 799. The number of benzene rings is 2. The molecule has 2 aromatic rings. The SMILES string of the molecule is Cc1ccccc1S(=O)(=O)Nc1ccc(C(=O)O)cc1O. The average molecular weight is 307 g/mol. The van der Waals surface area contributed by atoms with Crippen molar-refractivity contribution in [3.8, 4) is 5.75 Å². The first-order chi connectivity index (χ1) is 9.81. The molecule has 0 radical (unpaired) electrons. The van der Waals surface area contributed by atoms with Gasteiger partial charge in [0.2, 0.25) is 0 Å². The van der Waals surface area contributed by atoms with Gasteiger partial charge in [0.25, 0.3) is 10.0 Å². The lowest BCUT2D eigenvalue weighted by atomic mass is 10.2. The normalized spacial score (nSPS) is 11.1. The highest BCUT2D eigenvalue weighted by atomic mass is 32.2. The summed E-state index contributed by atoms with van der Waals surface area (Å²) >= 11 is 0. The Kier molecular flexibility index (Phi) is 3.86. The number of hydrogen-bond acceptors (Lipinski definition) is 4. The number of phenolic OH excluding ortho intramolecular Hbond substituents is 1. The van der Waals surface area contributed by atoms with Crippen molar-refractivity contribution in [1.29, 1.82) is 0 Å². The minimum atomic E-state index is -3.86. The Morgan fingerprint density at radius 3 is 2.38 bits per heavy atom. The molecule has 0 amide bonds. The molecule has 0 heterocycles. The maximum absolute atomic E-state index is 12.3. The van der Waals surface area contributed by atoms with Gasteiger partial charge in [0.05, 0.1) is 16.1 Å². The second-order valence-corrected chi connectivity index (χ2v) is 6.06. The number of sulfonamides is 1. The van der Waals surface area contributed by atoms with Gasteiger partial charge in [0, 0.05) is 0 Å². The molecule has 0 bridgehead atoms. The fourth-order valence-electron chi connectivity index (χ4n) is 1.81. The second-order valence-electron chi connectivity index (χ2n) is 4.41. The number of nitrogens with one attached hydrogen (secondary N) is 1. The molecule has 0 unspecified atom stereocenters. The first kappa shape index (κ1) is 14.9. The molecule has 2 aromatic carbocycles. The van der Waals surface area contributed by atoms with Crippen LogP contribution in [-0.2, 0) is 10.0 Å². The van der Waals surface area contributed by atoms with Gasteiger partial charge in [-0.15, -0.1) is 0 Å². The molecular formula is C14H13NO5S. The third-order valence-corrected chi connectivity index (χ3v) is 4.40. The molecule has 7 heteroatoms. The molecule has 2 rings (SSSR count). The fraction of sp³-hybridized carbons (Fsp3) is 0.0714. The maximum Gasteiger partial charge on any atom is 0.335 e. The number of rotatable bonds is 4. The van der Waals surface area contributed by atoms with Crippen LogP contribution in [0.3, 0.4) is 0 Å². The zero-order valence-electron chi connectivity index (χ0n) is 11.1. The molecule has 0 saturated heterocycles. The molecular weight excluding hydrogens is 294 g/mol. The molecule has 0 saturated carbocycles. The van der Waals surface area contributed by atoms with Crippen molar-refractivity contribution in [3.05, 3.63) is 53.6 Å². The van der Waals surface area contributed by atoms with Crippen molar-refractivity contribution in [2.24, 2.45) is 0 Å². The highest BCUT2D eigenvalue weighted by Crippen LogP contribution is 2.27. The summed E-state index contributed by atoms with van der Waals surface area (Å²) in [4.78, 5) is 10.9. The Labute approximate surface area is 121 Å². The van der Waals surface area contributed by atoms with Crippen LogP contribution in [0.1, 0.15) is 15.9 Å². The van der Waals surface area contributed by atoms with E-state index in [-0.39, 0.29) is 16.1 Å². The predicted molar refractivity (Wildman–Crippen MR) is 77.1 cm³/mol. The lowest BCUT2D eigenvalue weighted by Crippen LogP contribution is -2.14. The Morgan fingerprint density at radius 1 is 1.14 bits per heavy atom. The second kappa shape index (κ2) is 5.45. The highest BCUT2D eigenvalue weighted by molar-refractivity contribution is 7.92. The van der Waals surface area contributed by atoms with Crippen LogP contribution in [-0.4, -0.2) is 24.6 Å². The Balaban J connectivity index is 2.38. The Morgan fingerprint density at radius 2 is 1.81 bits per heavy atom. The zero-order chi connectivity index (χ0) is 15.6. The summed E-state index contributed by atoms with van der Waals surface area (Å²) in [5.41, 5.74) is 0.348. The van der Waals surface area contributed by atoms with Crippen LogP contribution < -0.4 is 4.72 Å². The minimum Gasteiger partial charge on any atom is -0.506 e. The summed E-state index contributed by atoms with van der Waals surface area (Å²) in [5, 5.41) is 18.5. The van der Waals surface area contributed by atoms with Crippen molar-refractivity contribution in [3.63, 3.8) is 0 Å². The summed E-state index contributed by atoms with van der Waals surface area (Å²) < 4.78 is 26.7. The Hall–Kier alpha value is -2.54. The van der Waals surface area contributed by atoms with Crippen molar-refractivity contribution in [1.82, 2.24) is 0 Å². The van der Waals surface area contributed by atoms with Gasteiger partial charge in [-0.2, -0.15) is 0 Å². The number of carboxylic acid groups (broad SMARTS) is 1. The number of carboxylic acids is 1. The largest absolute Gasteiger partial charge is 0.506 e. The molecule has 3 N–H and O–H groups in total. The molecule has 0 aliphatic heterocycles. The third-order valence-electron chi connectivity index (χ3n) is 2.87. The molecule has 110 valence electrons. The van der Waals surface area contributed by atoms with E-state index < -0.39 is 21.7 Å². The van der Waals surface area contributed by atoms with Crippen LogP contribution in [0.5, 0.6) is 5.75 Å². The van der Waals surface area contributed by atoms with Crippen molar-refractivity contribution >= 4 is 21.7 Å². The molecule has 0 atom stereocenters. The molecule has 0 aliphatic rings. The lowest BCUT2D eigenvalue weighted by Gasteiger charge is -2.11. The molecule has 0 aliphatic carbocycles. The molecule has 0 spiro atoms. The number of phenols is 1. The van der Waals surface area contributed by atoms with Gasteiger partial charge in [-0.3, -0.25) is 4.72 Å². The monoisotopic (exact) mass is 307 g/mol. The maximum atomic E-state index is 12.3.